The quantitative estimate of drug-likeness (QED) is 0.413. The Morgan fingerprint density at radius 1 is 1.28 bits per heavy atom. The molecule has 1 saturated heterocycles. The van der Waals surface area contributed by atoms with Gasteiger partial charge in [-0.2, -0.15) is 0 Å². The summed E-state index contributed by atoms with van der Waals surface area (Å²) in [6.45, 7) is 12.6. The molecular formula is C15H24O3. The van der Waals surface area contributed by atoms with E-state index in [4.69, 9.17) is 0 Å². The zero-order valence-corrected chi connectivity index (χ0v) is 11.9. The number of carbonyl (C=O) groups is 2. The molecule has 1 aliphatic rings. The Kier molecular flexibility index (Phi) is 5.12. The Balaban J connectivity index is 2.80. The van der Waals surface area contributed by atoms with Crippen molar-refractivity contribution in [1.29, 1.82) is 0 Å². The van der Waals surface area contributed by atoms with Crippen molar-refractivity contribution in [1.82, 2.24) is 0 Å². The van der Waals surface area contributed by atoms with Crippen molar-refractivity contribution in [3.05, 3.63) is 12.2 Å². The number of hydrogen-bond acceptors (Lipinski definition) is 3. The van der Waals surface area contributed by atoms with E-state index in [9.17, 15) is 9.59 Å². The number of hydrogen-bond donors (Lipinski definition) is 0. The molecule has 0 aromatic rings. The van der Waals surface area contributed by atoms with Crippen LogP contribution in [0.2, 0.25) is 0 Å². The molecule has 0 aliphatic carbocycles. The molecule has 0 spiro atoms. The molecule has 1 fully saturated rings. The topological polar surface area (TPSA) is 43.4 Å². The molecule has 0 aromatic carbocycles. The van der Waals surface area contributed by atoms with Crippen LogP contribution in [0.15, 0.2) is 12.2 Å². The lowest BCUT2D eigenvalue weighted by Crippen LogP contribution is -2.23. The fraction of sp³-hybridized carbons (Fsp3) is 0.733. The molecule has 0 radical (unpaired) electrons. The van der Waals surface area contributed by atoms with Gasteiger partial charge >= 0.3 is 11.9 Å². The van der Waals surface area contributed by atoms with E-state index in [1.165, 1.54) is 0 Å². The molecule has 3 heteroatoms. The number of allylic oxidation sites excluding steroid dienone is 1. The summed E-state index contributed by atoms with van der Waals surface area (Å²) in [6, 6.07) is 0. The number of ether oxygens (including phenoxy) is 1. The number of esters is 2. The van der Waals surface area contributed by atoms with E-state index in [1.807, 2.05) is 0 Å². The third kappa shape index (κ3) is 3.97. The van der Waals surface area contributed by atoms with Gasteiger partial charge in [0, 0.05) is 0 Å². The van der Waals surface area contributed by atoms with Gasteiger partial charge in [0.25, 0.3) is 0 Å². The lowest BCUT2D eigenvalue weighted by molar-refractivity contribution is -0.153. The van der Waals surface area contributed by atoms with Gasteiger partial charge in [-0.05, 0) is 30.6 Å². The Labute approximate surface area is 110 Å². The summed E-state index contributed by atoms with van der Waals surface area (Å²) in [5.41, 5.74) is 1.08. The van der Waals surface area contributed by atoms with Gasteiger partial charge in [0.05, 0.1) is 12.3 Å². The molecule has 0 amide bonds. The van der Waals surface area contributed by atoms with Crippen LogP contribution in [0.25, 0.3) is 0 Å². The average molecular weight is 252 g/mol. The summed E-state index contributed by atoms with van der Waals surface area (Å²) in [6.07, 6.45) is 2.00. The van der Waals surface area contributed by atoms with E-state index in [0.29, 0.717) is 11.8 Å². The zero-order valence-electron chi connectivity index (χ0n) is 11.9. The van der Waals surface area contributed by atoms with Crippen molar-refractivity contribution in [2.24, 2.45) is 23.7 Å². The summed E-state index contributed by atoms with van der Waals surface area (Å²) in [5.74, 6) is -0.00754. The fourth-order valence-corrected chi connectivity index (χ4v) is 2.60. The molecule has 0 bridgehead atoms. The highest BCUT2D eigenvalue weighted by Gasteiger charge is 2.40. The predicted molar refractivity (Wildman–Crippen MR) is 70.7 cm³/mol. The monoisotopic (exact) mass is 252 g/mol. The maximum Gasteiger partial charge on any atom is 0.317 e. The highest BCUT2D eigenvalue weighted by Crippen LogP contribution is 2.36. The second-order valence-corrected chi connectivity index (χ2v) is 6.10. The normalized spacial score (nSPS) is 21.6. The Morgan fingerprint density at radius 2 is 1.89 bits per heavy atom. The molecule has 102 valence electrons. The molecule has 18 heavy (non-hydrogen) atoms. The molecule has 1 heterocycles. The van der Waals surface area contributed by atoms with Gasteiger partial charge in [-0.1, -0.05) is 39.8 Å². The summed E-state index contributed by atoms with van der Waals surface area (Å²) in [7, 11) is 0. The smallest absolute Gasteiger partial charge is 0.317 e. The fourth-order valence-electron chi connectivity index (χ4n) is 2.60. The van der Waals surface area contributed by atoms with E-state index in [1.54, 1.807) is 0 Å². The lowest BCUT2D eigenvalue weighted by atomic mass is 9.77. The third-order valence-electron chi connectivity index (χ3n) is 3.31. The second-order valence-electron chi connectivity index (χ2n) is 6.10. The van der Waals surface area contributed by atoms with Crippen LogP contribution in [0.4, 0.5) is 0 Å². The van der Waals surface area contributed by atoms with Crippen LogP contribution in [0.1, 0.15) is 47.0 Å². The highest BCUT2D eigenvalue weighted by molar-refractivity contribution is 5.95. The van der Waals surface area contributed by atoms with Crippen molar-refractivity contribution in [3.8, 4) is 0 Å². The first-order valence-corrected chi connectivity index (χ1v) is 6.73. The SMILES string of the molecule is C=C(CC(C)C)C(CC(C)C)C1CC(=O)OC1=O. The minimum Gasteiger partial charge on any atom is -0.393 e. The molecule has 0 aromatic heterocycles. The number of carbonyl (C=O) groups excluding carboxylic acids is 2. The van der Waals surface area contributed by atoms with Gasteiger partial charge in [0.2, 0.25) is 0 Å². The zero-order chi connectivity index (χ0) is 13.9. The Hall–Kier alpha value is -1.12. The maximum atomic E-state index is 11.7. The molecule has 0 saturated carbocycles. The Bertz CT molecular complexity index is 342. The summed E-state index contributed by atoms with van der Waals surface area (Å²) >= 11 is 0. The van der Waals surface area contributed by atoms with Gasteiger partial charge in [-0.15, -0.1) is 0 Å². The first-order chi connectivity index (χ1) is 8.31. The summed E-state index contributed by atoms with van der Waals surface area (Å²) in [4.78, 5) is 22.9. The van der Waals surface area contributed by atoms with Crippen LogP contribution in [0, 0.1) is 23.7 Å². The van der Waals surface area contributed by atoms with Crippen LogP contribution in [0.3, 0.4) is 0 Å². The Morgan fingerprint density at radius 3 is 2.28 bits per heavy atom. The summed E-state index contributed by atoms with van der Waals surface area (Å²) in [5, 5.41) is 0. The van der Waals surface area contributed by atoms with Crippen LogP contribution in [-0.4, -0.2) is 11.9 Å². The summed E-state index contributed by atoms with van der Waals surface area (Å²) < 4.78 is 4.67. The van der Waals surface area contributed by atoms with Gasteiger partial charge in [0.1, 0.15) is 0 Å². The second kappa shape index (κ2) is 6.17. The molecule has 2 unspecified atom stereocenters. The van der Waals surface area contributed by atoms with Crippen molar-refractivity contribution in [2.75, 3.05) is 0 Å². The molecule has 2 atom stereocenters. The van der Waals surface area contributed by atoms with E-state index >= 15 is 0 Å². The molecular weight excluding hydrogens is 228 g/mol. The molecule has 1 rings (SSSR count). The van der Waals surface area contributed by atoms with Gasteiger partial charge < -0.3 is 4.74 Å². The lowest BCUT2D eigenvalue weighted by Gasteiger charge is -2.25. The van der Waals surface area contributed by atoms with E-state index in [0.717, 1.165) is 18.4 Å². The van der Waals surface area contributed by atoms with Crippen molar-refractivity contribution in [3.63, 3.8) is 0 Å². The predicted octanol–water partition coefficient (Wildman–Crippen LogP) is 3.34. The maximum absolute atomic E-state index is 11.7. The first kappa shape index (κ1) is 14.9. The van der Waals surface area contributed by atoms with E-state index in [-0.39, 0.29) is 24.2 Å². The highest BCUT2D eigenvalue weighted by atomic mass is 16.6. The largest absolute Gasteiger partial charge is 0.393 e. The number of rotatable bonds is 6. The third-order valence-corrected chi connectivity index (χ3v) is 3.31. The van der Waals surface area contributed by atoms with Crippen LogP contribution < -0.4 is 0 Å². The van der Waals surface area contributed by atoms with Crippen LogP contribution in [0.5, 0.6) is 0 Å². The van der Waals surface area contributed by atoms with Crippen molar-refractivity contribution in [2.45, 2.75) is 47.0 Å². The van der Waals surface area contributed by atoms with Crippen molar-refractivity contribution < 1.29 is 14.3 Å². The van der Waals surface area contributed by atoms with Crippen LogP contribution in [-0.2, 0) is 14.3 Å². The van der Waals surface area contributed by atoms with Gasteiger partial charge in [-0.3, -0.25) is 9.59 Å². The van der Waals surface area contributed by atoms with Crippen molar-refractivity contribution >= 4 is 11.9 Å². The molecule has 0 N–H and O–H groups in total. The van der Waals surface area contributed by atoms with E-state index in [2.05, 4.69) is 39.0 Å². The van der Waals surface area contributed by atoms with Gasteiger partial charge in [0.15, 0.2) is 0 Å². The minimum atomic E-state index is -0.392. The average Bonchev–Trinajstić information content (AvgIpc) is 2.52. The molecule has 3 nitrogen and oxygen atoms in total. The number of cyclic esters (lactones) is 2. The molecule has 1 aliphatic heterocycles. The standard InChI is InChI=1S/C15H24O3/c1-9(2)6-11(5)12(7-10(3)4)13-8-14(16)18-15(13)17/h9-10,12-13H,5-8H2,1-4H3. The van der Waals surface area contributed by atoms with Crippen LogP contribution >= 0.6 is 0 Å². The minimum absolute atomic E-state index is 0.0753. The van der Waals surface area contributed by atoms with E-state index < -0.39 is 5.97 Å². The first-order valence-electron chi connectivity index (χ1n) is 6.73. The van der Waals surface area contributed by atoms with Gasteiger partial charge in [-0.25, -0.2) is 0 Å².